The average Bonchev–Trinajstić information content (AvgIpc) is 2.88. The molecule has 1 saturated heterocycles. The number of rotatable bonds is 1. The van der Waals surface area contributed by atoms with Gasteiger partial charge in [-0.05, 0) is 25.2 Å². The molecule has 2 aliphatic rings. The van der Waals surface area contributed by atoms with Crippen LogP contribution in [0, 0.1) is 23.7 Å². The molecule has 2 atom stereocenters. The molecule has 1 nitrogen and oxygen atoms in total. The molecule has 1 heterocycles. The number of hydrogen-bond acceptors (Lipinski definition) is 1. The molecule has 0 bridgehead atoms. The summed E-state index contributed by atoms with van der Waals surface area (Å²) < 4.78 is 0. The standard InChI is InChI=1S/C8H11N.C6H10.C2H6.W/c1-2-4-8-6-9-5-7(8)3-1;1-3-5-6-4-2;1-2;/h1-4,7-9H,5-6H2;3,5H2,1-2H3;1-2H3;. The Morgan fingerprint density at radius 3 is 1.94 bits per heavy atom. The Labute approximate surface area is 128 Å². The zero-order chi connectivity index (χ0) is 12.9. The summed E-state index contributed by atoms with van der Waals surface area (Å²) in [5.74, 6) is 7.34. The van der Waals surface area contributed by atoms with Gasteiger partial charge in [-0.15, -0.1) is 11.8 Å². The minimum atomic E-state index is 0. The predicted octanol–water partition coefficient (Wildman–Crippen LogP) is 3.78. The summed E-state index contributed by atoms with van der Waals surface area (Å²) in [6, 6.07) is 0. The van der Waals surface area contributed by atoms with Crippen molar-refractivity contribution in [3.8, 4) is 11.8 Å². The molecule has 0 spiro atoms. The van der Waals surface area contributed by atoms with Crippen molar-refractivity contribution in [1.29, 1.82) is 0 Å². The second-order valence-corrected chi connectivity index (χ2v) is 3.93. The van der Waals surface area contributed by atoms with E-state index in [2.05, 4.69) is 48.4 Å². The van der Waals surface area contributed by atoms with E-state index in [0.29, 0.717) is 0 Å². The number of fused-ring (bicyclic) bond motifs is 1. The third kappa shape index (κ3) is 8.73. The van der Waals surface area contributed by atoms with Gasteiger partial charge in [0, 0.05) is 40.6 Å². The number of allylic oxidation sites excluding steroid dienone is 2. The smallest absolute Gasteiger partial charge is 0.00859 e. The molecule has 0 saturated carbocycles. The van der Waals surface area contributed by atoms with Crippen LogP contribution in [-0.4, -0.2) is 13.1 Å². The van der Waals surface area contributed by atoms with Gasteiger partial charge in [0.25, 0.3) is 0 Å². The van der Waals surface area contributed by atoms with E-state index >= 15 is 0 Å². The Balaban J connectivity index is 0. The zero-order valence-electron chi connectivity index (χ0n) is 12.2. The van der Waals surface area contributed by atoms with E-state index in [1.807, 2.05) is 20.8 Å². The summed E-state index contributed by atoms with van der Waals surface area (Å²) in [4.78, 5) is 0. The van der Waals surface area contributed by atoms with Gasteiger partial charge in [-0.25, -0.2) is 0 Å². The Hall–Kier alpha value is -0.312. The molecule has 2 heteroatoms. The molecule has 18 heavy (non-hydrogen) atoms. The van der Waals surface area contributed by atoms with Crippen molar-refractivity contribution in [2.24, 2.45) is 11.8 Å². The summed E-state index contributed by atoms with van der Waals surface area (Å²) in [6.45, 7) is 10.3. The molecular weight excluding hydrogens is 390 g/mol. The monoisotopic (exact) mass is 417 g/mol. The van der Waals surface area contributed by atoms with Crippen LogP contribution in [0.15, 0.2) is 24.3 Å². The minimum absolute atomic E-state index is 0. The van der Waals surface area contributed by atoms with Crippen molar-refractivity contribution < 1.29 is 21.1 Å². The minimum Gasteiger partial charge on any atom is -0.316 e. The van der Waals surface area contributed by atoms with Crippen LogP contribution in [0.2, 0.25) is 0 Å². The Bertz CT molecular complexity index is 265. The Kier molecular flexibility index (Phi) is 16.4. The molecule has 1 aliphatic heterocycles. The van der Waals surface area contributed by atoms with E-state index in [-0.39, 0.29) is 21.1 Å². The number of hydrogen-bond donors (Lipinski definition) is 1. The molecule has 2 rings (SSSR count). The summed E-state index contributed by atoms with van der Waals surface area (Å²) in [5.41, 5.74) is 0. The van der Waals surface area contributed by atoms with E-state index in [0.717, 1.165) is 18.3 Å². The Morgan fingerprint density at radius 2 is 1.61 bits per heavy atom. The van der Waals surface area contributed by atoms with Crippen LogP contribution in [0.25, 0.3) is 0 Å². The van der Waals surface area contributed by atoms with Crippen molar-refractivity contribution in [3.63, 3.8) is 0 Å². The topological polar surface area (TPSA) is 12.0 Å². The molecule has 2 unspecified atom stereocenters. The third-order valence-corrected chi connectivity index (χ3v) is 2.69. The maximum absolute atomic E-state index is 3.36. The molecule has 1 fully saturated rings. The molecule has 0 aromatic heterocycles. The first-order valence-corrected chi connectivity index (χ1v) is 6.83. The van der Waals surface area contributed by atoms with Crippen LogP contribution in [0.1, 0.15) is 40.5 Å². The first-order chi connectivity index (χ1) is 8.38. The van der Waals surface area contributed by atoms with Gasteiger partial charge in [-0.3, -0.25) is 0 Å². The van der Waals surface area contributed by atoms with Gasteiger partial charge in [0.05, 0.1) is 0 Å². The average molecular weight is 417 g/mol. The number of unbranched alkanes of at least 4 members (excludes halogenated alkanes) is 1. The van der Waals surface area contributed by atoms with Gasteiger partial charge < -0.3 is 5.32 Å². The van der Waals surface area contributed by atoms with E-state index in [4.69, 9.17) is 0 Å². The van der Waals surface area contributed by atoms with Crippen LogP contribution >= 0.6 is 0 Å². The fourth-order valence-electron chi connectivity index (χ4n) is 1.80. The predicted molar refractivity (Wildman–Crippen MR) is 77.8 cm³/mol. The molecule has 1 N–H and O–H groups in total. The van der Waals surface area contributed by atoms with Gasteiger partial charge in [-0.1, -0.05) is 45.1 Å². The second-order valence-electron chi connectivity index (χ2n) is 3.93. The normalized spacial score (nSPS) is 22.0. The summed E-state index contributed by atoms with van der Waals surface area (Å²) in [5, 5.41) is 3.36. The van der Waals surface area contributed by atoms with Crippen molar-refractivity contribution >= 4 is 0 Å². The molecular formula is C16H27NW. The van der Waals surface area contributed by atoms with Gasteiger partial charge in [0.2, 0.25) is 0 Å². The van der Waals surface area contributed by atoms with Gasteiger partial charge in [0.1, 0.15) is 0 Å². The summed E-state index contributed by atoms with van der Waals surface area (Å²) in [7, 11) is 0. The van der Waals surface area contributed by atoms with Gasteiger partial charge in [0.15, 0.2) is 0 Å². The molecule has 0 aromatic rings. The SMILES string of the molecule is C1=CC2CNCC2C=C1.CC.CC#CCCC.[W]. The van der Waals surface area contributed by atoms with Gasteiger partial charge >= 0.3 is 0 Å². The summed E-state index contributed by atoms with van der Waals surface area (Å²) in [6.07, 6.45) is 11.1. The fraction of sp³-hybridized carbons (Fsp3) is 0.625. The van der Waals surface area contributed by atoms with Gasteiger partial charge in [-0.2, -0.15) is 0 Å². The maximum atomic E-state index is 3.36. The molecule has 0 aromatic carbocycles. The zero-order valence-corrected chi connectivity index (χ0v) is 15.1. The van der Waals surface area contributed by atoms with E-state index < -0.39 is 0 Å². The molecule has 1 aliphatic carbocycles. The van der Waals surface area contributed by atoms with Crippen molar-refractivity contribution in [3.05, 3.63) is 24.3 Å². The molecule has 0 amide bonds. The second kappa shape index (κ2) is 14.7. The first-order valence-electron chi connectivity index (χ1n) is 6.83. The largest absolute Gasteiger partial charge is 0.316 e. The summed E-state index contributed by atoms with van der Waals surface area (Å²) >= 11 is 0. The third-order valence-electron chi connectivity index (χ3n) is 2.69. The van der Waals surface area contributed by atoms with E-state index in [1.54, 1.807) is 0 Å². The van der Waals surface area contributed by atoms with Crippen LogP contribution < -0.4 is 5.32 Å². The van der Waals surface area contributed by atoms with Crippen LogP contribution in [0.3, 0.4) is 0 Å². The first kappa shape index (κ1) is 20.0. The maximum Gasteiger partial charge on any atom is 0.00859 e. The van der Waals surface area contributed by atoms with E-state index in [9.17, 15) is 0 Å². The van der Waals surface area contributed by atoms with Crippen molar-refractivity contribution in [2.75, 3.05) is 13.1 Å². The molecule has 0 radical (unpaired) electrons. The van der Waals surface area contributed by atoms with E-state index in [1.165, 1.54) is 19.5 Å². The Morgan fingerprint density at radius 1 is 1.11 bits per heavy atom. The number of nitrogens with one attached hydrogen (secondary N) is 1. The van der Waals surface area contributed by atoms with Crippen LogP contribution in [-0.2, 0) is 21.1 Å². The van der Waals surface area contributed by atoms with Crippen molar-refractivity contribution in [1.82, 2.24) is 5.32 Å². The van der Waals surface area contributed by atoms with Crippen LogP contribution in [0.5, 0.6) is 0 Å². The molecule has 102 valence electrons. The quantitative estimate of drug-likeness (QED) is 0.641. The van der Waals surface area contributed by atoms with Crippen molar-refractivity contribution in [2.45, 2.75) is 40.5 Å². The fourth-order valence-corrected chi connectivity index (χ4v) is 1.80. The van der Waals surface area contributed by atoms with Crippen LogP contribution in [0.4, 0.5) is 0 Å².